The molecule has 2 heterocycles. The molecule has 4 nitrogen and oxygen atoms in total. The van der Waals surface area contributed by atoms with Crippen molar-refractivity contribution in [2.75, 3.05) is 6.61 Å². The molecule has 3 aromatic carbocycles. The molecule has 3 atom stereocenters. The summed E-state index contributed by atoms with van der Waals surface area (Å²) in [7, 11) is 0. The van der Waals surface area contributed by atoms with Gasteiger partial charge in [-0.2, -0.15) is 0 Å². The van der Waals surface area contributed by atoms with Crippen molar-refractivity contribution in [1.82, 2.24) is 9.80 Å². The van der Waals surface area contributed by atoms with Crippen molar-refractivity contribution in [3.05, 3.63) is 108 Å². The van der Waals surface area contributed by atoms with E-state index in [0.29, 0.717) is 6.61 Å². The van der Waals surface area contributed by atoms with Crippen LogP contribution >= 0.6 is 0 Å². The summed E-state index contributed by atoms with van der Waals surface area (Å²) in [6, 6.07) is 30.9. The number of carbonyl (C=O) groups is 1. The molecule has 0 saturated carbocycles. The van der Waals surface area contributed by atoms with Crippen LogP contribution in [-0.4, -0.2) is 34.4 Å². The Morgan fingerprint density at radius 2 is 1.33 bits per heavy atom. The Bertz CT molecular complexity index is 936. The number of hydrogen-bond donors (Lipinski definition) is 0. The Morgan fingerprint density at radius 1 is 0.800 bits per heavy atom. The fraction of sp³-hybridized carbons (Fsp3) is 0.269. The summed E-state index contributed by atoms with van der Waals surface area (Å²) in [5, 5.41) is 0. The van der Waals surface area contributed by atoms with Crippen molar-refractivity contribution >= 4 is 5.91 Å². The van der Waals surface area contributed by atoms with Crippen molar-refractivity contribution in [1.29, 1.82) is 0 Å². The predicted octanol–water partition coefficient (Wildman–Crippen LogP) is 4.39. The summed E-state index contributed by atoms with van der Waals surface area (Å²) >= 11 is 0. The normalized spacial score (nSPS) is 23.2. The van der Waals surface area contributed by atoms with Crippen LogP contribution < -0.4 is 0 Å². The van der Waals surface area contributed by atoms with E-state index in [4.69, 9.17) is 4.74 Å². The van der Waals surface area contributed by atoms with Crippen LogP contribution in [0.5, 0.6) is 0 Å². The second kappa shape index (κ2) is 8.42. The number of carbonyl (C=O) groups excluding carboxylic acids is 1. The molecule has 3 aromatic rings. The summed E-state index contributed by atoms with van der Waals surface area (Å²) < 4.78 is 6.03. The van der Waals surface area contributed by atoms with Crippen molar-refractivity contribution in [2.24, 2.45) is 0 Å². The van der Waals surface area contributed by atoms with E-state index in [9.17, 15) is 4.79 Å². The number of rotatable bonds is 6. The molecular formula is C26H26N2O2. The topological polar surface area (TPSA) is 32.8 Å². The highest BCUT2D eigenvalue weighted by Gasteiger charge is 2.49. The minimum atomic E-state index is -0.274. The second-order valence-electron chi connectivity index (χ2n) is 8.12. The smallest absolute Gasteiger partial charge is 0.242 e. The zero-order valence-electron chi connectivity index (χ0n) is 16.9. The average molecular weight is 399 g/mol. The van der Waals surface area contributed by atoms with E-state index < -0.39 is 0 Å². The number of ether oxygens (including phenoxy) is 1. The van der Waals surface area contributed by atoms with Gasteiger partial charge in [0.1, 0.15) is 0 Å². The highest BCUT2D eigenvalue weighted by Crippen LogP contribution is 2.39. The molecule has 2 fully saturated rings. The lowest BCUT2D eigenvalue weighted by molar-refractivity contribution is -0.139. The SMILES string of the molecule is O=C1[C@@H](N(Cc2ccccc2)Cc2ccccc2)C[C@H]2CO[C@H](c3ccccc3)N12. The van der Waals surface area contributed by atoms with Gasteiger partial charge >= 0.3 is 0 Å². The largest absolute Gasteiger partial charge is 0.352 e. The van der Waals surface area contributed by atoms with Crippen molar-refractivity contribution < 1.29 is 9.53 Å². The van der Waals surface area contributed by atoms with Crippen LogP contribution in [0.15, 0.2) is 91.0 Å². The first-order valence-electron chi connectivity index (χ1n) is 10.6. The first kappa shape index (κ1) is 19.0. The molecule has 0 radical (unpaired) electrons. The van der Waals surface area contributed by atoms with Crippen molar-refractivity contribution in [3.63, 3.8) is 0 Å². The summed E-state index contributed by atoms with van der Waals surface area (Å²) in [5.41, 5.74) is 3.50. The fourth-order valence-corrected chi connectivity index (χ4v) is 4.65. The molecule has 0 bridgehead atoms. The van der Waals surface area contributed by atoms with E-state index in [0.717, 1.165) is 25.1 Å². The van der Waals surface area contributed by atoms with Crippen LogP contribution in [0.4, 0.5) is 0 Å². The molecule has 2 saturated heterocycles. The molecule has 1 amide bonds. The third-order valence-electron chi connectivity index (χ3n) is 6.11. The van der Waals surface area contributed by atoms with Crippen molar-refractivity contribution in [3.8, 4) is 0 Å². The zero-order chi connectivity index (χ0) is 20.3. The first-order valence-corrected chi connectivity index (χ1v) is 10.6. The monoisotopic (exact) mass is 398 g/mol. The van der Waals surface area contributed by atoms with Gasteiger partial charge in [-0.05, 0) is 17.5 Å². The summed E-state index contributed by atoms with van der Waals surface area (Å²) in [6.45, 7) is 2.11. The Balaban J connectivity index is 1.41. The van der Waals surface area contributed by atoms with Crippen LogP contribution in [0, 0.1) is 0 Å². The maximum absolute atomic E-state index is 13.6. The quantitative estimate of drug-likeness (QED) is 0.617. The summed E-state index contributed by atoms with van der Waals surface area (Å²) in [6.07, 6.45) is 0.533. The van der Waals surface area contributed by atoms with Crippen LogP contribution in [0.2, 0.25) is 0 Å². The molecule has 2 aliphatic rings. The number of fused-ring (bicyclic) bond motifs is 1. The highest BCUT2D eigenvalue weighted by molar-refractivity contribution is 5.85. The van der Waals surface area contributed by atoms with Gasteiger partial charge in [-0.3, -0.25) is 9.69 Å². The molecule has 30 heavy (non-hydrogen) atoms. The maximum atomic E-state index is 13.6. The Hall–Kier alpha value is -2.95. The summed E-state index contributed by atoms with van der Waals surface area (Å²) in [4.78, 5) is 17.9. The molecule has 0 aliphatic carbocycles. The van der Waals surface area contributed by atoms with Gasteiger partial charge in [0.2, 0.25) is 5.91 Å². The third kappa shape index (κ3) is 3.76. The van der Waals surface area contributed by atoms with Gasteiger partial charge in [-0.1, -0.05) is 91.0 Å². The third-order valence-corrected chi connectivity index (χ3v) is 6.11. The van der Waals surface area contributed by atoms with Gasteiger partial charge in [0.05, 0.1) is 18.7 Å². The fourth-order valence-electron chi connectivity index (χ4n) is 4.65. The van der Waals surface area contributed by atoms with Crippen LogP contribution in [0.25, 0.3) is 0 Å². The molecule has 152 valence electrons. The van der Waals surface area contributed by atoms with E-state index in [2.05, 4.69) is 53.4 Å². The lowest BCUT2D eigenvalue weighted by Crippen LogP contribution is -2.42. The van der Waals surface area contributed by atoms with Gasteiger partial charge in [-0.15, -0.1) is 0 Å². The lowest BCUT2D eigenvalue weighted by atomic mass is 10.1. The molecule has 0 N–H and O–H groups in total. The Morgan fingerprint density at radius 3 is 1.90 bits per heavy atom. The van der Waals surface area contributed by atoms with Crippen molar-refractivity contribution in [2.45, 2.75) is 37.8 Å². The second-order valence-corrected chi connectivity index (χ2v) is 8.12. The predicted molar refractivity (Wildman–Crippen MR) is 116 cm³/mol. The number of amides is 1. The molecular weight excluding hydrogens is 372 g/mol. The molecule has 4 heteroatoms. The molecule has 0 unspecified atom stereocenters. The van der Waals surface area contributed by atoms with E-state index in [1.165, 1.54) is 11.1 Å². The van der Waals surface area contributed by atoms with Gasteiger partial charge in [-0.25, -0.2) is 0 Å². The van der Waals surface area contributed by atoms with Crippen LogP contribution in [-0.2, 0) is 22.6 Å². The van der Waals surface area contributed by atoms with E-state index >= 15 is 0 Å². The standard InChI is InChI=1S/C26H26N2O2/c29-25-24(16-23-19-30-26(28(23)25)22-14-8-3-9-15-22)27(17-20-10-4-1-5-11-20)18-21-12-6-2-7-13-21/h1-15,23-24,26H,16-19H2/t23-,24-,26+/m0/s1. The van der Waals surface area contributed by atoms with E-state index in [-0.39, 0.29) is 24.2 Å². The van der Waals surface area contributed by atoms with Gasteiger partial charge in [0.25, 0.3) is 0 Å². The average Bonchev–Trinajstić information content (AvgIpc) is 3.36. The minimum absolute atomic E-state index is 0.134. The van der Waals surface area contributed by atoms with Crippen LogP contribution in [0.1, 0.15) is 29.3 Å². The van der Waals surface area contributed by atoms with E-state index in [1.54, 1.807) is 0 Å². The molecule has 2 aliphatic heterocycles. The number of benzene rings is 3. The van der Waals surface area contributed by atoms with Crippen LogP contribution in [0.3, 0.4) is 0 Å². The number of nitrogens with zero attached hydrogens (tertiary/aromatic N) is 2. The van der Waals surface area contributed by atoms with E-state index in [1.807, 2.05) is 47.4 Å². The van der Waals surface area contributed by atoms with Gasteiger partial charge < -0.3 is 9.64 Å². The minimum Gasteiger partial charge on any atom is -0.352 e. The Kier molecular flexibility index (Phi) is 5.35. The highest BCUT2D eigenvalue weighted by atomic mass is 16.5. The Labute approximate surface area is 177 Å². The first-order chi connectivity index (χ1) is 14.8. The molecule has 0 aromatic heterocycles. The molecule has 0 spiro atoms. The molecule has 5 rings (SSSR count). The maximum Gasteiger partial charge on any atom is 0.242 e. The van der Waals surface area contributed by atoms with Gasteiger partial charge in [0.15, 0.2) is 6.23 Å². The summed E-state index contributed by atoms with van der Waals surface area (Å²) in [5.74, 6) is 0.179. The zero-order valence-corrected chi connectivity index (χ0v) is 16.9. The lowest BCUT2D eigenvalue weighted by Gasteiger charge is -2.29. The number of hydrogen-bond acceptors (Lipinski definition) is 3. The van der Waals surface area contributed by atoms with Gasteiger partial charge in [0, 0.05) is 18.7 Å².